The first-order chi connectivity index (χ1) is 13.1. The molecule has 5 rings (SSSR count). The molecule has 0 fully saturated rings. The quantitative estimate of drug-likeness (QED) is 0.665. The van der Waals surface area contributed by atoms with Crippen LogP contribution in [-0.4, -0.2) is 29.2 Å². The van der Waals surface area contributed by atoms with Gasteiger partial charge in [0, 0.05) is 12.1 Å². The first-order valence-electron chi connectivity index (χ1n) is 8.32. The molecule has 0 radical (unpaired) electrons. The Bertz CT molecular complexity index is 1130. The lowest BCUT2D eigenvalue weighted by molar-refractivity contribution is 0.300. The van der Waals surface area contributed by atoms with Crippen LogP contribution in [0.15, 0.2) is 42.2 Å². The number of hydrogen-bond donors (Lipinski definition) is 2. The highest BCUT2D eigenvalue weighted by atomic mass is 35.5. The zero-order valence-corrected chi connectivity index (χ0v) is 15.3. The second-order valence-corrected chi connectivity index (χ2v) is 6.77. The van der Waals surface area contributed by atoms with E-state index in [2.05, 4.69) is 15.4 Å². The maximum atomic E-state index is 10.9. The molecule has 0 amide bonds. The van der Waals surface area contributed by atoms with E-state index < -0.39 is 6.04 Å². The number of nitrogens with one attached hydrogen (secondary N) is 1. The van der Waals surface area contributed by atoms with Crippen LogP contribution in [0.25, 0.3) is 16.8 Å². The number of benzene rings is 2. The second kappa shape index (κ2) is 5.73. The van der Waals surface area contributed by atoms with E-state index in [4.69, 9.17) is 21.1 Å². The van der Waals surface area contributed by atoms with Gasteiger partial charge in [0.15, 0.2) is 23.0 Å². The van der Waals surface area contributed by atoms with Crippen molar-refractivity contribution >= 4 is 34.2 Å². The number of aliphatic hydroxyl groups excluding tert-OH is 1. The van der Waals surface area contributed by atoms with Crippen LogP contribution < -0.4 is 19.9 Å². The standard InChI is InChI=1S/C19H15ClN4O3/c1-24-19-16(21-11-8-9(20)6-7-10(11)22-19)18-17(25)15(23-24)14-12(26-2)4-3-5-13(14)27-18/h3-8,15,23,25H,1-2H3. The van der Waals surface area contributed by atoms with Crippen LogP contribution in [0.1, 0.15) is 17.3 Å². The van der Waals surface area contributed by atoms with Gasteiger partial charge in [0.1, 0.15) is 17.5 Å². The number of fused-ring (bicyclic) bond motifs is 6. The molecule has 8 heteroatoms. The number of rotatable bonds is 1. The van der Waals surface area contributed by atoms with E-state index in [9.17, 15) is 5.11 Å². The van der Waals surface area contributed by atoms with Crippen LogP contribution in [0.4, 0.5) is 5.82 Å². The maximum absolute atomic E-state index is 10.9. The summed E-state index contributed by atoms with van der Waals surface area (Å²) in [5, 5.41) is 13.2. The molecule has 2 bridgehead atoms. The molecule has 27 heavy (non-hydrogen) atoms. The number of nitrogens with zero attached hydrogens (tertiary/aromatic N) is 3. The summed E-state index contributed by atoms with van der Waals surface area (Å²) in [5.74, 6) is 2.04. The summed E-state index contributed by atoms with van der Waals surface area (Å²) in [6, 6.07) is 10.2. The number of hydrazine groups is 1. The highest BCUT2D eigenvalue weighted by Crippen LogP contribution is 2.47. The fourth-order valence-electron chi connectivity index (χ4n) is 3.46. The third-order valence-electron chi connectivity index (χ3n) is 4.72. The van der Waals surface area contributed by atoms with Gasteiger partial charge in [-0.05, 0) is 30.3 Å². The Morgan fingerprint density at radius 1 is 1.22 bits per heavy atom. The van der Waals surface area contributed by atoms with Gasteiger partial charge in [-0.1, -0.05) is 17.7 Å². The maximum Gasteiger partial charge on any atom is 0.196 e. The van der Waals surface area contributed by atoms with Gasteiger partial charge in [0.05, 0.1) is 23.7 Å². The van der Waals surface area contributed by atoms with Crippen molar-refractivity contribution in [2.45, 2.75) is 6.04 Å². The van der Waals surface area contributed by atoms with Gasteiger partial charge >= 0.3 is 0 Å². The molecule has 2 aliphatic rings. The zero-order valence-electron chi connectivity index (χ0n) is 14.5. The molecule has 2 N–H and O–H groups in total. The van der Waals surface area contributed by atoms with E-state index in [1.807, 2.05) is 31.3 Å². The van der Waals surface area contributed by atoms with E-state index in [0.717, 1.165) is 0 Å². The van der Waals surface area contributed by atoms with Gasteiger partial charge in [-0.15, -0.1) is 0 Å². The monoisotopic (exact) mass is 382 g/mol. The van der Waals surface area contributed by atoms with Crippen molar-refractivity contribution in [2.24, 2.45) is 0 Å². The molecular weight excluding hydrogens is 368 g/mol. The van der Waals surface area contributed by atoms with Gasteiger partial charge in [-0.2, -0.15) is 0 Å². The molecule has 0 saturated carbocycles. The summed E-state index contributed by atoms with van der Waals surface area (Å²) in [4.78, 5) is 9.35. The molecule has 2 aliphatic heterocycles. The van der Waals surface area contributed by atoms with Crippen molar-refractivity contribution in [1.29, 1.82) is 0 Å². The number of methoxy groups -OCH3 is 1. The van der Waals surface area contributed by atoms with Crippen molar-refractivity contribution in [2.75, 3.05) is 19.2 Å². The Kier molecular flexibility index (Phi) is 3.43. The van der Waals surface area contributed by atoms with Crippen molar-refractivity contribution in [3.63, 3.8) is 0 Å². The molecule has 1 atom stereocenters. The summed E-state index contributed by atoms with van der Waals surface area (Å²) in [6.07, 6.45) is 0. The smallest absolute Gasteiger partial charge is 0.196 e. The predicted octanol–water partition coefficient (Wildman–Crippen LogP) is 3.61. The number of aliphatic hydroxyl groups is 1. The van der Waals surface area contributed by atoms with Crippen molar-refractivity contribution in [3.05, 3.63) is 58.4 Å². The topological polar surface area (TPSA) is 79.7 Å². The molecule has 3 aromatic rings. The SMILES string of the molecule is COc1cccc2c1C1NN(C)c3nc4ccc(Cl)cc4nc3C(=C1O)O2. The van der Waals surface area contributed by atoms with Crippen LogP contribution in [-0.2, 0) is 0 Å². The van der Waals surface area contributed by atoms with E-state index in [0.29, 0.717) is 44.6 Å². The Hall–Kier alpha value is -3.03. The molecule has 1 unspecified atom stereocenters. The second-order valence-electron chi connectivity index (χ2n) is 6.34. The van der Waals surface area contributed by atoms with Gasteiger partial charge in [-0.3, -0.25) is 5.01 Å². The molecule has 136 valence electrons. The average Bonchev–Trinajstić information content (AvgIpc) is 2.73. The van der Waals surface area contributed by atoms with E-state index in [-0.39, 0.29) is 11.5 Å². The zero-order chi connectivity index (χ0) is 18.7. The lowest BCUT2D eigenvalue weighted by Gasteiger charge is -2.28. The Labute approximate surface area is 159 Å². The van der Waals surface area contributed by atoms with Gasteiger partial charge in [0.25, 0.3) is 0 Å². The van der Waals surface area contributed by atoms with E-state index in [1.54, 1.807) is 24.3 Å². The summed E-state index contributed by atoms with van der Waals surface area (Å²) in [7, 11) is 3.40. The Morgan fingerprint density at radius 3 is 2.89 bits per heavy atom. The molecule has 0 spiro atoms. The fraction of sp³-hybridized carbons (Fsp3) is 0.158. The Morgan fingerprint density at radius 2 is 2.07 bits per heavy atom. The molecule has 1 aromatic heterocycles. The first-order valence-corrected chi connectivity index (χ1v) is 8.70. The molecular formula is C19H15ClN4O3. The van der Waals surface area contributed by atoms with Crippen LogP contribution in [0, 0.1) is 0 Å². The summed E-state index contributed by atoms with van der Waals surface area (Å²) < 4.78 is 11.5. The summed E-state index contributed by atoms with van der Waals surface area (Å²) in [6.45, 7) is 0. The summed E-state index contributed by atoms with van der Waals surface area (Å²) in [5.41, 5.74) is 5.73. The lowest BCUT2D eigenvalue weighted by atomic mass is 9.99. The third-order valence-corrected chi connectivity index (χ3v) is 4.95. The van der Waals surface area contributed by atoms with Gasteiger partial charge in [0.2, 0.25) is 0 Å². The minimum Gasteiger partial charge on any atom is -0.506 e. The third kappa shape index (κ3) is 2.32. The number of aromatic nitrogens is 2. The van der Waals surface area contributed by atoms with Crippen LogP contribution >= 0.6 is 11.6 Å². The number of ether oxygens (including phenoxy) is 2. The van der Waals surface area contributed by atoms with Crippen LogP contribution in [0.3, 0.4) is 0 Å². The Balaban J connectivity index is 1.77. The lowest BCUT2D eigenvalue weighted by Crippen LogP contribution is -2.38. The van der Waals surface area contributed by atoms with Gasteiger partial charge < -0.3 is 14.6 Å². The first kappa shape index (κ1) is 16.2. The minimum atomic E-state index is -0.549. The normalized spacial score (nSPS) is 17.9. The van der Waals surface area contributed by atoms with Crippen LogP contribution in [0.2, 0.25) is 5.02 Å². The average molecular weight is 383 g/mol. The van der Waals surface area contributed by atoms with Gasteiger partial charge in [-0.25, -0.2) is 15.4 Å². The molecule has 7 nitrogen and oxygen atoms in total. The highest BCUT2D eigenvalue weighted by Gasteiger charge is 2.39. The van der Waals surface area contributed by atoms with Crippen molar-refractivity contribution in [1.82, 2.24) is 15.4 Å². The highest BCUT2D eigenvalue weighted by molar-refractivity contribution is 6.31. The van der Waals surface area contributed by atoms with Crippen molar-refractivity contribution in [3.8, 4) is 11.5 Å². The number of hydrogen-bond acceptors (Lipinski definition) is 7. The number of anilines is 1. The largest absolute Gasteiger partial charge is 0.506 e. The molecule has 0 aliphatic carbocycles. The van der Waals surface area contributed by atoms with E-state index in [1.165, 1.54) is 0 Å². The van der Waals surface area contributed by atoms with Crippen molar-refractivity contribution < 1.29 is 14.6 Å². The molecule has 2 aromatic carbocycles. The molecule has 3 heterocycles. The van der Waals surface area contributed by atoms with Crippen LogP contribution in [0.5, 0.6) is 11.5 Å². The van der Waals surface area contributed by atoms with E-state index >= 15 is 0 Å². The number of halogens is 1. The summed E-state index contributed by atoms with van der Waals surface area (Å²) >= 11 is 6.10. The molecule has 0 saturated heterocycles. The predicted molar refractivity (Wildman–Crippen MR) is 102 cm³/mol. The fourth-order valence-corrected chi connectivity index (χ4v) is 3.63. The minimum absolute atomic E-state index is 0.0216.